The normalized spacial score (nSPS) is 11.7. The lowest BCUT2D eigenvalue weighted by Gasteiger charge is -2.03. The van der Waals surface area contributed by atoms with E-state index in [1.165, 1.54) is 24.0 Å². The van der Waals surface area contributed by atoms with E-state index < -0.39 is 6.61 Å². The minimum Gasteiger partial charge on any atom is -0.489 e. The fourth-order valence-corrected chi connectivity index (χ4v) is 2.29. The largest absolute Gasteiger partial charge is 0.489 e. The van der Waals surface area contributed by atoms with Crippen molar-refractivity contribution in [3.8, 4) is 23.0 Å². The number of hydrogen-bond acceptors (Lipinski definition) is 4. The van der Waals surface area contributed by atoms with Gasteiger partial charge in [0.2, 0.25) is 5.89 Å². The lowest BCUT2D eigenvalue weighted by atomic mass is 10.2. The van der Waals surface area contributed by atoms with Gasteiger partial charge in [0.25, 0.3) is 0 Å². The summed E-state index contributed by atoms with van der Waals surface area (Å²) in [5, 5.41) is 0. The van der Waals surface area contributed by atoms with Gasteiger partial charge in [-0.1, -0.05) is 12.1 Å². The molecule has 1 aliphatic heterocycles. The quantitative estimate of drug-likeness (QED) is 0.591. The Labute approximate surface area is 148 Å². The van der Waals surface area contributed by atoms with Crippen LogP contribution in [0, 0.1) is 0 Å². The third kappa shape index (κ3) is 4.70. The van der Waals surface area contributed by atoms with Gasteiger partial charge in [-0.2, -0.15) is 8.78 Å². The molecule has 0 amide bonds. The third-order valence-electron chi connectivity index (χ3n) is 3.32. The molecule has 0 atom stereocenters. The maximum Gasteiger partial charge on any atom is 0.387 e. The molecule has 2 heterocycles. The summed E-state index contributed by atoms with van der Waals surface area (Å²) < 4.78 is 38.4. The highest BCUT2D eigenvalue weighted by atomic mass is 35.5. The van der Waals surface area contributed by atoms with Crippen molar-refractivity contribution in [2.45, 2.75) is 19.1 Å². The predicted molar refractivity (Wildman–Crippen MR) is 88.9 cm³/mol. The summed E-state index contributed by atoms with van der Waals surface area (Å²) >= 11 is 5.58. The van der Waals surface area contributed by atoms with Gasteiger partial charge in [-0.15, -0.1) is 11.6 Å². The SMILES string of the molecule is FC(F)Oc1ccc(-c2nc(CCl)co2)cc1.c1cc2cc(c1)OC2. The van der Waals surface area contributed by atoms with Crippen LogP contribution < -0.4 is 9.47 Å². The van der Waals surface area contributed by atoms with Gasteiger partial charge >= 0.3 is 6.61 Å². The molecule has 3 aromatic rings. The van der Waals surface area contributed by atoms with Crippen LogP contribution in [0.2, 0.25) is 0 Å². The smallest absolute Gasteiger partial charge is 0.387 e. The monoisotopic (exact) mass is 365 g/mol. The average Bonchev–Trinajstić information content (AvgIpc) is 3.22. The number of nitrogens with zero attached hydrogens (tertiary/aromatic N) is 1. The Morgan fingerprint density at radius 3 is 2.56 bits per heavy atom. The van der Waals surface area contributed by atoms with Crippen molar-refractivity contribution in [3.05, 3.63) is 66.1 Å². The molecule has 4 nitrogen and oxygen atoms in total. The summed E-state index contributed by atoms with van der Waals surface area (Å²) in [6, 6.07) is 14.1. The zero-order valence-corrected chi connectivity index (χ0v) is 13.7. The number of rotatable bonds is 4. The Hall–Kier alpha value is -2.60. The molecule has 0 saturated heterocycles. The number of oxazole rings is 1. The molecule has 2 bridgehead atoms. The Kier molecular flexibility index (Phi) is 5.50. The molecule has 2 aromatic carbocycles. The van der Waals surface area contributed by atoms with Gasteiger partial charge in [-0.3, -0.25) is 0 Å². The van der Waals surface area contributed by atoms with E-state index in [4.69, 9.17) is 20.8 Å². The average molecular weight is 366 g/mol. The molecule has 0 radical (unpaired) electrons. The van der Waals surface area contributed by atoms with Crippen LogP contribution in [-0.2, 0) is 12.5 Å². The minimum absolute atomic E-state index is 0.0906. The molecule has 4 rings (SSSR count). The van der Waals surface area contributed by atoms with Crippen molar-refractivity contribution in [2.75, 3.05) is 0 Å². The summed E-state index contributed by atoms with van der Waals surface area (Å²) in [7, 11) is 0. The van der Waals surface area contributed by atoms with Crippen LogP contribution in [0.15, 0.2) is 59.2 Å². The Bertz CT molecular complexity index is 802. The number of ether oxygens (including phenoxy) is 2. The molecule has 1 aromatic heterocycles. The van der Waals surface area contributed by atoms with Gasteiger partial charge in [0.1, 0.15) is 24.4 Å². The fourth-order valence-electron chi connectivity index (χ4n) is 2.17. The van der Waals surface area contributed by atoms with Crippen LogP contribution >= 0.6 is 11.6 Å². The van der Waals surface area contributed by atoms with Gasteiger partial charge < -0.3 is 13.9 Å². The topological polar surface area (TPSA) is 44.5 Å². The Balaban J connectivity index is 0.000000188. The van der Waals surface area contributed by atoms with Crippen LogP contribution in [0.3, 0.4) is 0 Å². The van der Waals surface area contributed by atoms with Crippen molar-refractivity contribution in [3.63, 3.8) is 0 Å². The zero-order chi connectivity index (χ0) is 17.6. The second-order valence-electron chi connectivity index (χ2n) is 5.12. The fraction of sp³-hybridized carbons (Fsp3) is 0.167. The molecule has 0 fully saturated rings. The number of benzene rings is 2. The van der Waals surface area contributed by atoms with Crippen molar-refractivity contribution < 1.29 is 22.7 Å². The molecule has 0 spiro atoms. The lowest BCUT2D eigenvalue weighted by Crippen LogP contribution is -2.01. The first kappa shape index (κ1) is 17.2. The van der Waals surface area contributed by atoms with Crippen LogP contribution in [0.25, 0.3) is 11.5 Å². The molecule has 1 aliphatic rings. The molecule has 0 N–H and O–H groups in total. The van der Waals surface area contributed by atoms with E-state index in [-0.39, 0.29) is 11.6 Å². The molecule has 0 saturated carbocycles. The standard InChI is InChI=1S/C11H8ClF2NO2.C7H6O/c12-5-8-6-16-10(15-8)7-1-3-9(4-2-7)17-11(13)14;1-2-6-4-7(3-1)8-5-6/h1-4,6,11H,5H2;1-4H,5H2. The third-order valence-corrected chi connectivity index (χ3v) is 3.59. The summed E-state index contributed by atoms with van der Waals surface area (Å²) in [5.41, 5.74) is 2.57. The number of aromatic nitrogens is 1. The predicted octanol–water partition coefficient (Wildman–Crippen LogP) is 5.26. The maximum absolute atomic E-state index is 11.9. The molecule has 0 aliphatic carbocycles. The highest BCUT2D eigenvalue weighted by Gasteiger charge is 2.08. The van der Waals surface area contributed by atoms with Crippen LogP contribution in [-0.4, -0.2) is 11.6 Å². The molecule has 7 heteroatoms. The molecular formula is C18H14ClF2NO3. The molecule has 0 unspecified atom stereocenters. The molecule has 25 heavy (non-hydrogen) atoms. The van der Waals surface area contributed by atoms with Crippen LogP contribution in [0.4, 0.5) is 8.78 Å². The summed E-state index contributed by atoms with van der Waals surface area (Å²) in [4.78, 5) is 4.10. The number of fused-ring (bicyclic) bond motifs is 2. The van der Waals surface area contributed by atoms with E-state index in [1.807, 2.05) is 12.1 Å². The van der Waals surface area contributed by atoms with Crippen molar-refractivity contribution >= 4 is 11.6 Å². The minimum atomic E-state index is -2.83. The van der Waals surface area contributed by atoms with E-state index in [0.29, 0.717) is 17.1 Å². The van der Waals surface area contributed by atoms with Crippen molar-refractivity contribution in [2.24, 2.45) is 0 Å². The number of hydrogen-bond donors (Lipinski definition) is 0. The van der Waals surface area contributed by atoms with Gasteiger partial charge in [0, 0.05) is 5.56 Å². The van der Waals surface area contributed by atoms with Gasteiger partial charge in [0.05, 0.1) is 11.6 Å². The van der Waals surface area contributed by atoms with Crippen molar-refractivity contribution in [1.82, 2.24) is 4.98 Å². The zero-order valence-electron chi connectivity index (χ0n) is 13.0. The van der Waals surface area contributed by atoms with E-state index in [9.17, 15) is 8.78 Å². The number of halogens is 3. The molecular weight excluding hydrogens is 352 g/mol. The highest BCUT2D eigenvalue weighted by Crippen LogP contribution is 2.23. The Morgan fingerprint density at radius 2 is 1.96 bits per heavy atom. The van der Waals surface area contributed by atoms with E-state index in [1.54, 1.807) is 12.1 Å². The van der Waals surface area contributed by atoms with E-state index in [2.05, 4.69) is 21.9 Å². The summed E-state index contributed by atoms with van der Waals surface area (Å²) in [6.45, 7) is -2.06. The van der Waals surface area contributed by atoms with E-state index >= 15 is 0 Å². The maximum atomic E-state index is 11.9. The lowest BCUT2D eigenvalue weighted by molar-refractivity contribution is -0.0498. The second-order valence-corrected chi connectivity index (χ2v) is 5.38. The van der Waals surface area contributed by atoms with E-state index in [0.717, 1.165) is 12.4 Å². The van der Waals surface area contributed by atoms with Crippen LogP contribution in [0.1, 0.15) is 11.3 Å². The van der Waals surface area contributed by atoms with Crippen molar-refractivity contribution in [1.29, 1.82) is 0 Å². The van der Waals surface area contributed by atoms with Gasteiger partial charge in [-0.05, 0) is 42.0 Å². The Morgan fingerprint density at radius 1 is 1.16 bits per heavy atom. The first-order valence-corrected chi connectivity index (χ1v) is 7.95. The van der Waals surface area contributed by atoms with Gasteiger partial charge in [0.15, 0.2) is 0 Å². The van der Waals surface area contributed by atoms with Gasteiger partial charge in [-0.25, -0.2) is 4.98 Å². The summed E-state index contributed by atoms with van der Waals surface area (Å²) in [6.07, 6.45) is 1.45. The van der Waals surface area contributed by atoms with Crippen LogP contribution in [0.5, 0.6) is 11.5 Å². The first-order valence-electron chi connectivity index (χ1n) is 7.41. The summed E-state index contributed by atoms with van der Waals surface area (Å²) in [5.74, 6) is 1.75. The number of alkyl halides is 3. The first-order chi connectivity index (χ1) is 12.1. The highest BCUT2D eigenvalue weighted by molar-refractivity contribution is 6.16. The second kappa shape index (κ2) is 7.98. The molecule has 130 valence electrons.